The molecule has 1 aliphatic carbocycles. The van der Waals surface area contributed by atoms with Crippen molar-refractivity contribution >= 4 is 5.91 Å². The molecule has 2 unspecified atom stereocenters. The summed E-state index contributed by atoms with van der Waals surface area (Å²) in [5.74, 6) is 0.147. The van der Waals surface area contributed by atoms with E-state index in [9.17, 15) is 23.1 Å². The summed E-state index contributed by atoms with van der Waals surface area (Å²) < 4.78 is 44.2. The van der Waals surface area contributed by atoms with Crippen LogP contribution < -0.4 is 10.5 Å². The summed E-state index contributed by atoms with van der Waals surface area (Å²) in [7, 11) is 0. The molecule has 0 spiro atoms. The van der Waals surface area contributed by atoms with Gasteiger partial charge in [-0.25, -0.2) is 0 Å². The molecule has 25 heavy (non-hydrogen) atoms. The van der Waals surface area contributed by atoms with Gasteiger partial charge in [-0.1, -0.05) is 0 Å². The first-order chi connectivity index (χ1) is 11.7. The fraction of sp³-hybridized carbons (Fsp3) is 0.588. The Hall–Kier alpha value is -1.80. The van der Waals surface area contributed by atoms with Crippen molar-refractivity contribution in [3.05, 3.63) is 29.3 Å². The molecule has 1 fully saturated rings. The highest BCUT2D eigenvalue weighted by Crippen LogP contribution is 2.43. The fourth-order valence-corrected chi connectivity index (χ4v) is 3.79. The highest BCUT2D eigenvalue weighted by atomic mass is 19.4. The number of fused-ring (bicyclic) bond motifs is 1. The van der Waals surface area contributed by atoms with Crippen LogP contribution in [0, 0.1) is 5.41 Å². The zero-order chi connectivity index (χ0) is 18.2. The maximum atomic E-state index is 13.0. The number of nitrogens with two attached hydrogens (primary N) is 1. The summed E-state index contributed by atoms with van der Waals surface area (Å²) in [6, 6.07) is 3.17. The van der Waals surface area contributed by atoms with Crippen LogP contribution in [0.1, 0.15) is 36.8 Å². The molecule has 1 saturated carbocycles. The molecule has 3 rings (SSSR count). The first-order valence-electron chi connectivity index (χ1n) is 8.24. The number of alkyl halides is 3. The van der Waals surface area contributed by atoms with Crippen LogP contribution in [0.4, 0.5) is 13.2 Å². The average Bonchev–Trinajstić information content (AvgIpc) is 2.94. The molecular weight excluding hydrogens is 337 g/mol. The molecule has 2 atom stereocenters. The van der Waals surface area contributed by atoms with Gasteiger partial charge in [-0.2, -0.15) is 13.2 Å². The number of rotatable bonds is 3. The number of carbonyl (C=O) groups excluding carboxylic acids is 1. The third-order valence-electron chi connectivity index (χ3n) is 5.10. The number of hydrogen-bond donors (Lipinski definition) is 2. The van der Waals surface area contributed by atoms with Crippen molar-refractivity contribution < 1.29 is 27.8 Å². The second kappa shape index (κ2) is 6.49. The molecule has 1 amide bonds. The lowest BCUT2D eigenvalue weighted by molar-refractivity contribution is -0.148. The molecule has 0 radical (unpaired) electrons. The lowest BCUT2D eigenvalue weighted by Gasteiger charge is -2.37. The summed E-state index contributed by atoms with van der Waals surface area (Å²) in [6.45, 7) is -0.0952. The van der Waals surface area contributed by atoms with Crippen LogP contribution in [0.15, 0.2) is 18.2 Å². The van der Waals surface area contributed by atoms with Gasteiger partial charge in [0.15, 0.2) is 6.73 Å². The van der Waals surface area contributed by atoms with E-state index in [-0.39, 0.29) is 31.8 Å². The van der Waals surface area contributed by atoms with E-state index in [1.807, 2.05) is 0 Å². The number of hydrogen-bond acceptors (Lipinski definition) is 4. The number of aliphatic hydroxyl groups is 1. The van der Waals surface area contributed by atoms with Crippen molar-refractivity contribution in [2.75, 3.05) is 13.3 Å². The smallest absolute Gasteiger partial charge is 0.416 e. The predicted octanol–water partition coefficient (Wildman–Crippen LogP) is 2.26. The van der Waals surface area contributed by atoms with E-state index < -0.39 is 17.2 Å². The molecule has 1 aromatic rings. The van der Waals surface area contributed by atoms with E-state index in [1.54, 1.807) is 0 Å². The Kier molecular flexibility index (Phi) is 4.68. The molecule has 3 N–H and O–H groups in total. The van der Waals surface area contributed by atoms with Crippen LogP contribution in [-0.4, -0.2) is 35.3 Å². The van der Waals surface area contributed by atoms with Gasteiger partial charge in [-0.05, 0) is 43.9 Å². The summed E-state index contributed by atoms with van der Waals surface area (Å²) in [5, 5.41) is 9.34. The SMILES string of the molecule is NC1CCC(CCO)(C(=O)N2COc3ccc(C(F)(F)F)cc3C2)C1. The van der Waals surface area contributed by atoms with Gasteiger partial charge in [0.05, 0.1) is 17.5 Å². The molecule has 0 aromatic heterocycles. The van der Waals surface area contributed by atoms with Gasteiger partial charge in [0, 0.05) is 18.2 Å². The Morgan fingerprint density at radius 3 is 2.80 bits per heavy atom. The second-order valence-electron chi connectivity index (χ2n) is 6.85. The van der Waals surface area contributed by atoms with Crippen molar-refractivity contribution in [1.82, 2.24) is 4.90 Å². The Bertz CT molecular complexity index is 661. The molecular formula is C17H21F3N2O3. The van der Waals surface area contributed by atoms with Crippen LogP contribution in [0.2, 0.25) is 0 Å². The van der Waals surface area contributed by atoms with Crippen LogP contribution >= 0.6 is 0 Å². The average molecular weight is 358 g/mol. The second-order valence-corrected chi connectivity index (χ2v) is 6.85. The van der Waals surface area contributed by atoms with Crippen molar-refractivity contribution in [3.63, 3.8) is 0 Å². The Morgan fingerprint density at radius 1 is 1.44 bits per heavy atom. The van der Waals surface area contributed by atoms with Crippen LogP contribution in [-0.2, 0) is 17.5 Å². The minimum Gasteiger partial charge on any atom is -0.473 e. The number of nitrogens with zero attached hydrogens (tertiary/aromatic N) is 1. The predicted molar refractivity (Wildman–Crippen MR) is 83.5 cm³/mol. The highest BCUT2D eigenvalue weighted by molar-refractivity contribution is 5.83. The largest absolute Gasteiger partial charge is 0.473 e. The van der Waals surface area contributed by atoms with Crippen LogP contribution in [0.3, 0.4) is 0 Å². The van der Waals surface area contributed by atoms with Crippen molar-refractivity contribution in [1.29, 1.82) is 0 Å². The Labute approximate surface area is 143 Å². The van der Waals surface area contributed by atoms with Gasteiger partial charge >= 0.3 is 6.18 Å². The van der Waals surface area contributed by atoms with E-state index in [0.29, 0.717) is 37.0 Å². The molecule has 8 heteroatoms. The van der Waals surface area contributed by atoms with Gasteiger partial charge in [0.25, 0.3) is 0 Å². The normalized spacial score (nSPS) is 26.3. The number of amides is 1. The van der Waals surface area contributed by atoms with Gasteiger partial charge < -0.3 is 20.5 Å². The molecule has 1 aliphatic heterocycles. The first kappa shape index (κ1) is 18.0. The van der Waals surface area contributed by atoms with E-state index in [1.165, 1.54) is 11.0 Å². The number of benzene rings is 1. The van der Waals surface area contributed by atoms with Gasteiger partial charge in [-0.15, -0.1) is 0 Å². The van der Waals surface area contributed by atoms with Crippen molar-refractivity contribution in [2.24, 2.45) is 11.1 Å². The topological polar surface area (TPSA) is 75.8 Å². The maximum absolute atomic E-state index is 13.0. The standard InChI is InChI=1S/C17H21F3N2O3/c18-17(19,20)12-1-2-14-11(7-12)9-22(10-25-14)15(24)16(5-6-23)4-3-13(21)8-16/h1-2,7,13,23H,3-6,8-10,21H2. The lowest BCUT2D eigenvalue weighted by Crippen LogP contribution is -2.46. The Morgan fingerprint density at radius 2 is 2.20 bits per heavy atom. The fourth-order valence-electron chi connectivity index (χ4n) is 3.79. The first-order valence-corrected chi connectivity index (χ1v) is 8.24. The quantitative estimate of drug-likeness (QED) is 0.869. The minimum absolute atomic E-state index is 0.0143. The molecule has 1 aromatic carbocycles. The maximum Gasteiger partial charge on any atom is 0.416 e. The van der Waals surface area contributed by atoms with Gasteiger partial charge in [0.1, 0.15) is 5.75 Å². The van der Waals surface area contributed by atoms with Crippen LogP contribution in [0.25, 0.3) is 0 Å². The van der Waals surface area contributed by atoms with Crippen LogP contribution in [0.5, 0.6) is 5.75 Å². The summed E-state index contributed by atoms with van der Waals surface area (Å²) >= 11 is 0. The minimum atomic E-state index is -4.45. The number of halogens is 3. The zero-order valence-corrected chi connectivity index (χ0v) is 13.7. The van der Waals surface area contributed by atoms with E-state index in [2.05, 4.69) is 0 Å². The molecule has 5 nitrogen and oxygen atoms in total. The van der Waals surface area contributed by atoms with E-state index in [0.717, 1.165) is 12.1 Å². The molecule has 0 saturated heterocycles. The third-order valence-corrected chi connectivity index (χ3v) is 5.10. The third kappa shape index (κ3) is 3.46. The summed E-state index contributed by atoms with van der Waals surface area (Å²) in [4.78, 5) is 14.4. The van der Waals surface area contributed by atoms with Crippen molar-refractivity contribution in [2.45, 2.75) is 44.4 Å². The van der Waals surface area contributed by atoms with E-state index >= 15 is 0 Å². The summed E-state index contributed by atoms with van der Waals surface area (Å²) in [6.07, 6.45) is -2.42. The van der Waals surface area contributed by atoms with Crippen molar-refractivity contribution in [3.8, 4) is 5.75 Å². The molecule has 2 aliphatic rings. The zero-order valence-electron chi connectivity index (χ0n) is 13.7. The number of ether oxygens (including phenoxy) is 1. The van der Waals surface area contributed by atoms with E-state index in [4.69, 9.17) is 10.5 Å². The number of aliphatic hydroxyl groups excluding tert-OH is 1. The Balaban J connectivity index is 1.82. The molecule has 1 heterocycles. The summed E-state index contributed by atoms with van der Waals surface area (Å²) in [5.41, 5.74) is 4.75. The molecule has 0 bridgehead atoms. The van der Waals surface area contributed by atoms with Gasteiger partial charge in [0.2, 0.25) is 5.91 Å². The van der Waals surface area contributed by atoms with Gasteiger partial charge in [-0.3, -0.25) is 4.79 Å². The lowest BCUT2D eigenvalue weighted by atomic mass is 9.81. The highest BCUT2D eigenvalue weighted by Gasteiger charge is 2.46. The number of carbonyl (C=O) groups is 1. The molecule has 138 valence electrons. The monoisotopic (exact) mass is 358 g/mol.